The molecule has 4 rings (SSSR count). The van der Waals surface area contributed by atoms with Gasteiger partial charge in [0.1, 0.15) is 6.04 Å². The van der Waals surface area contributed by atoms with Crippen LogP contribution in [0.2, 0.25) is 0 Å². The maximum Gasteiger partial charge on any atom is 0.271 e. The second kappa shape index (κ2) is 6.00. The average molecular weight is 328 g/mol. The molecule has 124 valence electrons. The minimum atomic E-state index is -0.534. The van der Waals surface area contributed by atoms with Gasteiger partial charge in [0, 0.05) is 6.20 Å². The largest absolute Gasteiger partial charge is 0.330 e. The molecule has 1 fully saturated rings. The Labute approximate surface area is 137 Å². The molecule has 9 heteroatoms. The molecule has 4 heterocycles. The van der Waals surface area contributed by atoms with Crippen molar-refractivity contribution in [1.29, 1.82) is 0 Å². The first-order valence-electron chi connectivity index (χ1n) is 7.75. The zero-order valence-electron chi connectivity index (χ0n) is 12.9. The Morgan fingerprint density at radius 3 is 2.92 bits per heavy atom. The normalized spacial score (nSPS) is 20.1. The molecule has 0 unspecified atom stereocenters. The van der Waals surface area contributed by atoms with Gasteiger partial charge in [0.2, 0.25) is 0 Å². The highest BCUT2D eigenvalue weighted by Gasteiger charge is 2.36. The Bertz CT molecular complexity index is 756. The monoisotopic (exact) mass is 328 g/mol. The Morgan fingerprint density at radius 1 is 1.25 bits per heavy atom. The van der Waals surface area contributed by atoms with Crippen LogP contribution >= 0.6 is 0 Å². The smallest absolute Gasteiger partial charge is 0.271 e. The lowest BCUT2D eigenvalue weighted by Gasteiger charge is -2.34. The summed E-state index contributed by atoms with van der Waals surface area (Å²) in [6.45, 7) is 1.77. The molecular weight excluding hydrogens is 312 g/mol. The quantitative estimate of drug-likeness (QED) is 0.772. The van der Waals surface area contributed by atoms with Crippen LogP contribution in [0.5, 0.6) is 0 Å². The summed E-state index contributed by atoms with van der Waals surface area (Å²) in [7, 11) is 0. The fourth-order valence-corrected chi connectivity index (χ4v) is 3.03. The Hall–Kier alpha value is -2.81. The summed E-state index contributed by atoms with van der Waals surface area (Å²) in [5, 5.41) is 8.81. The maximum atomic E-state index is 12.8. The zero-order chi connectivity index (χ0) is 16.5. The van der Waals surface area contributed by atoms with Gasteiger partial charge in [0.15, 0.2) is 0 Å². The second-order valence-electron chi connectivity index (χ2n) is 5.75. The lowest BCUT2D eigenvalue weighted by atomic mass is 10.1. The van der Waals surface area contributed by atoms with E-state index in [4.69, 9.17) is 4.84 Å². The number of aromatic nitrogens is 4. The summed E-state index contributed by atoms with van der Waals surface area (Å²) >= 11 is 0. The molecule has 2 aliphatic heterocycles. The van der Waals surface area contributed by atoms with E-state index in [0.29, 0.717) is 25.3 Å². The number of rotatable bonds is 2. The number of hydrogen-bond donors (Lipinski definition) is 0. The van der Waals surface area contributed by atoms with Crippen molar-refractivity contribution in [2.75, 3.05) is 19.7 Å². The van der Waals surface area contributed by atoms with Crippen LogP contribution in [0, 0.1) is 0 Å². The van der Waals surface area contributed by atoms with Crippen LogP contribution in [-0.2, 0) is 16.2 Å². The van der Waals surface area contributed by atoms with Crippen molar-refractivity contribution in [3.63, 3.8) is 0 Å². The molecule has 24 heavy (non-hydrogen) atoms. The van der Waals surface area contributed by atoms with Crippen LogP contribution in [0.3, 0.4) is 0 Å². The van der Waals surface area contributed by atoms with Gasteiger partial charge in [-0.1, -0.05) is 0 Å². The van der Waals surface area contributed by atoms with Crippen molar-refractivity contribution in [2.24, 2.45) is 0 Å². The lowest BCUT2D eigenvalue weighted by Crippen LogP contribution is -2.47. The summed E-state index contributed by atoms with van der Waals surface area (Å²) in [6.07, 6.45) is 7.02. The molecule has 1 atom stereocenters. The minimum Gasteiger partial charge on any atom is -0.330 e. The van der Waals surface area contributed by atoms with Gasteiger partial charge in [-0.3, -0.25) is 14.4 Å². The van der Waals surface area contributed by atoms with Gasteiger partial charge >= 0.3 is 0 Å². The Morgan fingerprint density at radius 2 is 2.17 bits per heavy atom. The third kappa shape index (κ3) is 2.52. The van der Waals surface area contributed by atoms with E-state index in [1.807, 2.05) is 4.57 Å². The fourth-order valence-electron chi connectivity index (χ4n) is 3.03. The topological polar surface area (TPSA) is 93.5 Å². The summed E-state index contributed by atoms with van der Waals surface area (Å²) < 4.78 is 1.82. The van der Waals surface area contributed by atoms with Crippen molar-refractivity contribution >= 4 is 11.8 Å². The highest BCUT2D eigenvalue weighted by atomic mass is 16.7. The number of hydroxylamine groups is 2. The number of fused-ring (bicyclic) bond motifs is 1. The molecule has 2 aromatic rings. The summed E-state index contributed by atoms with van der Waals surface area (Å²) in [5.41, 5.74) is 1.26. The molecule has 0 N–H and O–H groups in total. The molecule has 0 bridgehead atoms. The fraction of sp³-hybridized carbons (Fsp3) is 0.400. The molecule has 0 aromatic carbocycles. The van der Waals surface area contributed by atoms with Crippen molar-refractivity contribution < 1.29 is 14.4 Å². The number of carbonyl (C=O) groups excluding carboxylic acids is 2. The van der Waals surface area contributed by atoms with E-state index in [9.17, 15) is 9.59 Å². The number of nitrogens with zero attached hydrogens (tertiary/aromatic N) is 6. The zero-order valence-corrected chi connectivity index (χ0v) is 12.9. The highest BCUT2D eigenvalue weighted by molar-refractivity contribution is 5.94. The molecule has 0 aliphatic carbocycles. The van der Waals surface area contributed by atoms with Gasteiger partial charge in [-0.05, 0) is 12.5 Å². The van der Waals surface area contributed by atoms with Crippen LogP contribution in [-0.4, -0.2) is 61.2 Å². The Balaban J connectivity index is 1.61. The van der Waals surface area contributed by atoms with Crippen molar-refractivity contribution in [3.05, 3.63) is 42.2 Å². The van der Waals surface area contributed by atoms with Crippen LogP contribution < -0.4 is 0 Å². The number of hydrogen-bond acceptors (Lipinski definition) is 6. The standard InChI is InChI=1S/C15H16N6O3/c22-14(11-2-3-17-18-6-11)19-8-12-7-16-10-20(12)13(9-19)15(23)21-4-1-5-24-21/h2-3,6-7,10,13H,1,4-5,8-9H2/t13-/m1/s1. The third-order valence-electron chi connectivity index (χ3n) is 4.23. The van der Waals surface area contributed by atoms with Gasteiger partial charge in [-0.25, -0.2) is 10.0 Å². The average Bonchev–Trinajstić information content (AvgIpc) is 3.31. The third-order valence-corrected chi connectivity index (χ3v) is 4.23. The molecule has 0 spiro atoms. The van der Waals surface area contributed by atoms with E-state index in [1.165, 1.54) is 17.5 Å². The predicted molar refractivity (Wildman–Crippen MR) is 80.3 cm³/mol. The van der Waals surface area contributed by atoms with E-state index in [-0.39, 0.29) is 18.4 Å². The molecule has 2 aromatic heterocycles. The Kier molecular flexibility index (Phi) is 3.69. The molecule has 2 aliphatic rings. The van der Waals surface area contributed by atoms with Crippen molar-refractivity contribution in [3.8, 4) is 0 Å². The van der Waals surface area contributed by atoms with E-state index < -0.39 is 6.04 Å². The van der Waals surface area contributed by atoms with Gasteiger partial charge < -0.3 is 9.47 Å². The van der Waals surface area contributed by atoms with Gasteiger partial charge in [0.25, 0.3) is 11.8 Å². The molecular formula is C15H16N6O3. The number of amides is 2. The number of carbonyl (C=O) groups is 2. The maximum absolute atomic E-state index is 12.8. The summed E-state index contributed by atoms with van der Waals surface area (Å²) in [5.74, 6) is -0.338. The van der Waals surface area contributed by atoms with E-state index >= 15 is 0 Å². The molecule has 9 nitrogen and oxygen atoms in total. The van der Waals surface area contributed by atoms with Crippen molar-refractivity contribution in [1.82, 2.24) is 29.7 Å². The lowest BCUT2D eigenvalue weighted by molar-refractivity contribution is -0.173. The van der Waals surface area contributed by atoms with Crippen molar-refractivity contribution in [2.45, 2.75) is 19.0 Å². The molecule has 0 saturated carbocycles. The first-order chi connectivity index (χ1) is 11.7. The predicted octanol–water partition coefficient (Wildman–Crippen LogP) is 0.0341. The van der Waals surface area contributed by atoms with Crippen LogP contribution in [0.4, 0.5) is 0 Å². The van der Waals surface area contributed by atoms with Crippen LogP contribution in [0.25, 0.3) is 0 Å². The minimum absolute atomic E-state index is 0.155. The molecule has 1 saturated heterocycles. The molecule has 0 radical (unpaired) electrons. The highest BCUT2D eigenvalue weighted by Crippen LogP contribution is 2.25. The van der Waals surface area contributed by atoms with Gasteiger partial charge in [-0.2, -0.15) is 10.2 Å². The first-order valence-corrected chi connectivity index (χ1v) is 7.75. The first kappa shape index (κ1) is 14.8. The second-order valence-corrected chi connectivity index (χ2v) is 5.75. The number of imidazole rings is 1. The summed E-state index contributed by atoms with van der Waals surface area (Å²) in [6, 6.07) is 1.08. The van der Waals surface area contributed by atoms with E-state index in [0.717, 1.165) is 12.1 Å². The van der Waals surface area contributed by atoms with E-state index in [1.54, 1.807) is 23.5 Å². The van der Waals surface area contributed by atoms with Gasteiger partial charge in [0.05, 0.1) is 56.2 Å². The summed E-state index contributed by atoms with van der Waals surface area (Å²) in [4.78, 5) is 36.6. The van der Waals surface area contributed by atoms with Crippen LogP contribution in [0.15, 0.2) is 31.0 Å². The SMILES string of the molecule is O=C(c1ccnnc1)N1Cc2cncn2[C@@H](C(=O)N2CCCO2)C1. The van der Waals surface area contributed by atoms with Crippen LogP contribution in [0.1, 0.15) is 28.5 Å². The molecule has 2 amide bonds. The van der Waals surface area contributed by atoms with Gasteiger partial charge in [-0.15, -0.1) is 0 Å². The van der Waals surface area contributed by atoms with E-state index in [2.05, 4.69) is 15.2 Å².